The molecule has 3 N–H and O–H groups in total. The fourth-order valence-electron chi connectivity index (χ4n) is 4.60. The van der Waals surface area contributed by atoms with E-state index in [4.69, 9.17) is 5.73 Å². The van der Waals surface area contributed by atoms with Gasteiger partial charge < -0.3 is 16.0 Å². The topological polar surface area (TPSA) is 122 Å². The molecule has 2 amide bonds. The molecule has 194 valence electrons. The molecule has 9 nitrogen and oxygen atoms in total. The van der Waals surface area contributed by atoms with Gasteiger partial charge in [-0.2, -0.15) is 0 Å². The number of likely N-dealkylation sites (tertiary alicyclic amines) is 1. The lowest BCUT2D eigenvalue weighted by Gasteiger charge is -2.28. The first-order chi connectivity index (χ1) is 17.9. The highest BCUT2D eigenvalue weighted by atomic mass is 32.1. The SMILES string of the molecule is Cc1ccc(C(=O)N2CC(N(Cc3ccc([N+](=O)[O-])cc3)Cc3cccs3)CC2C(=O)NCCN)cc1. The predicted molar refractivity (Wildman–Crippen MR) is 143 cm³/mol. The first kappa shape index (κ1) is 26.5. The summed E-state index contributed by atoms with van der Waals surface area (Å²) in [6.07, 6.45) is 0.479. The van der Waals surface area contributed by atoms with Gasteiger partial charge in [0.1, 0.15) is 6.04 Å². The smallest absolute Gasteiger partial charge is 0.269 e. The Morgan fingerprint density at radius 1 is 1.14 bits per heavy atom. The Morgan fingerprint density at radius 2 is 1.86 bits per heavy atom. The lowest BCUT2D eigenvalue weighted by molar-refractivity contribution is -0.384. The van der Waals surface area contributed by atoms with Gasteiger partial charge in [0.15, 0.2) is 0 Å². The van der Waals surface area contributed by atoms with Crippen molar-refractivity contribution in [2.24, 2.45) is 5.73 Å². The molecule has 3 aromatic rings. The number of thiophene rings is 1. The third-order valence-corrected chi connectivity index (χ3v) is 7.43. The van der Waals surface area contributed by atoms with Gasteiger partial charge in [-0.1, -0.05) is 35.9 Å². The van der Waals surface area contributed by atoms with Gasteiger partial charge in [-0.3, -0.25) is 24.6 Å². The van der Waals surface area contributed by atoms with E-state index in [-0.39, 0.29) is 23.5 Å². The molecule has 0 spiro atoms. The van der Waals surface area contributed by atoms with Gasteiger partial charge in [0, 0.05) is 61.3 Å². The highest BCUT2D eigenvalue weighted by Gasteiger charge is 2.42. The number of nitrogens with two attached hydrogens (primary N) is 1. The second kappa shape index (κ2) is 12.1. The van der Waals surface area contributed by atoms with Crippen LogP contribution in [0.2, 0.25) is 0 Å². The number of rotatable bonds is 10. The van der Waals surface area contributed by atoms with E-state index < -0.39 is 11.0 Å². The van der Waals surface area contributed by atoms with E-state index in [1.807, 2.05) is 30.5 Å². The Kier molecular flexibility index (Phi) is 8.65. The molecule has 0 saturated carbocycles. The van der Waals surface area contributed by atoms with Gasteiger partial charge >= 0.3 is 0 Å². The first-order valence-corrected chi connectivity index (χ1v) is 13.1. The summed E-state index contributed by atoms with van der Waals surface area (Å²) in [5, 5.41) is 16.0. The highest BCUT2D eigenvalue weighted by Crippen LogP contribution is 2.28. The molecule has 2 unspecified atom stereocenters. The van der Waals surface area contributed by atoms with Gasteiger partial charge in [-0.15, -0.1) is 11.3 Å². The van der Waals surface area contributed by atoms with E-state index >= 15 is 0 Å². The molecular weight excluding hydrogens is 490 g/mol. The molecule has 0 radical (unpaired) electrons. The molecule has 4 rings (SSSR count). The van der Waals surface area contributed by atoms with Crippen molar-refractivity contribution in [1.82, 2.24) is 15.1 Å². The van der Waals surface area contributed by atoms with Crippen LogP contribution in [0, 0.1) is 17.0 Å². The van der Waals surface area contributed by atoms with Crippen molar-refractivity contribution in [1.29, 1.82) is 0 Å². The van der Waals surface area contributed by atoms with Crippen LogP contribution in [0.1, 0.15) is 32.8 Å². The summed E-state index contributed by atoms with van der Waals surface area (Å²) in [5.41, 5.74) is 8.16. The number of hydrogen-bond donors (Lipinski definition) is 2. The van der Waals surface area contributed by atoms with E-state index in [2.05, 4.69) is 16.3 Å². The largest absolute Gasteiger partial charge is 0.353 e. The number of aryl methyl sites for hydroxylation is 1. The molecule has 1 aliphatic rings. The summed E-state index contributed by atoms with van der Waals surface area (Å²) in [6, 6.07) is 17.2. The lowest BCUT2D eigenvalue weighted by atomic mass is 10.1. The van der Waals surface area contributed by atoms with Crippen molar-refractivity contribution >= 4 is 28.8 Å². The average Bonchev–Trinajstić information content (AvgIpc) is 3.57. The van der Waals surface area contributed by atoms with Gasteiger partial charge in [0.2, 0.25) is 5.91 Å². The Hall–Kier alpha value is -3.60. The quantitative estimate of drug-likeness (QED) is 0.312. The number of hydrogen-bond acceptors (Lipinski definition) is 7. The van der Waals surface area contributed by atoms with Crippen molar-refractivity contribution in [3.63, 3.8) is 0 Å². The van der Waals surface area contributed by atoms with Crippen LogP contribution in [0.5, 0.6) is 0 Å². The van der Waals surface area contributed by atoms with Gasteiger partial charge in [0.05, 0.1) is 4.92 Å². The number of nitro groups is 1. The van der Waals surface area contributed by atoms with E-state index in [1.165, 1.54) is 12.1 Å². The zero-order chi connectivity index (χ0) is 26.4. The van der Waals surface area contributed by atoms with Gasteiger partial charge in [-0.05, 0) is 42.5 Å². The molecule has 37 heavy (non-hydrogen) atoms. The Labute approximate surface area is 220 Å². The van der Waals surface area contributed by atoms with E-state index in [1.54, 1.807) is 40.5 Å². The Bertz CT molecular complexity index is 1210. The van der Waals surface area contributed by atoms with Crippen LogP contribution in [0.25, 0.3) is 0 Å². The maximum atomic E-state index is 13.5. The number of non-ortho nitro benzene ring substituents is 1. The van der Waals surface area contributed by atoms with Crippen LogP contribution in [0.15, 0.2) is 66.0 Å². The maximum Gasteiger partial charge on any atom is 0.269 e. The van der Waals surface area contributed by atoms with Crippen molar-refractivity contribution in [3.8, 4) is 0 Å². The monoisotopic (exact) mass is 521 g/mol. The molecule has 1 aliphatic heterocycles. The van der Waals surface area contributed by atoms with Crippen molar-refractivity contribution in [2.75, 3.05) is 19.6 Å². The zero-order valence-electron chi connectivity index (χ0n) is 20.7. The van der Waals surface area contributed by atoms with Crippen LogP contribution in [-0.2, 0) is 17.9 Å². The van der Waals surface area contributed by atoms with Crippen LogP contribution in [-0.4, -0.2) is 58.3 Å². The second-order valence-corrected chi connectivity index (χ2v) is 10.2. The van der Waals surface area contributed by atoms with Gasteiger partial charge in [0.25, 0.3) is 11.6 Å². The normalized spacial score (nSPS) is 17.2. The van der Waals surface area contributed by atoms with Crippen LogP contribution in [0.3, 0.4) is 0 Å². The molecule has 1 saturated heterocycles. The number of nitro benzene ring substituents is 1. The highest BCUT2D eigenvalue weighted by molar-refractivity contribution is 7.09. The third kappa shape index (κ3) is 6.59. The molecule has 2 aromatic carbocycles. The summed E-state index contributed by atoms with van der Waals surface area (Å²) in [7, 11) is 0. The Morgan fingerprint density at radius 3 is 2.49 bits per heavy atom. The van der Waals surface area contributed by atoms with Crippen LogP contribution >= 0.6 is 11.3 Å². The van der Waals surface area contributed by atoms with Gasteiger partial charge in [-0.25, -0.2) is 0 Å². The molecular formula is C27H31N5O4S. The Balaban J connectivity index is 1.60. The van der Waals surface area contributed by atoms with E-state index in [0.29, 0.717) is 44.7 Å². The number of nitrogens with zero attached hydrogens (tertiary/aromatic N) is 3. The molecule has 0 bridgehead atoms. The molecule has 10 heteroatoms. The minimum Gasteiger partial charge on any atom is -0.353 e. The third-order valence-electron chi connectivity index (χ3n) is 6.57. The minimum atomic E-state index is -0.618. The minimum absolute atomic E-state index is 0.0425. The van der Waals surface area contributed by atoms with Crippen molar-refractivity contribution in [3.05, 3.63) is 97.7 Å². The first-order valence-electron chi connectivity index (χ1n) is 12.2. The molecule has 2 heterocycles. The lowest BCUT2D eigenvalue weighted by Crippen LogP contribution is -2.47. The van der Waals surface area contributed by atoms with Crippen LogP contribution < -0.4 is 11.1 Å². The molecule has 1 aromatic heterocycles. The summed E-state index contributed by atoms with van der Waals surface area (Å²) in [5.74, 6) is -0.387. The molecule has 1 fully saturated rings. The summed E-state index contributed by atoms with van der Waals surface area (Å²) < 4.78 is 0. The van der Waals surface area contributed by atoms with Crippen molar-refractivity contribution < 1.29 is 14.5 Å². The number of amides is 2. The summed E-state index contributed by atoms with van der Waals surface area (Å²) in [6.45, 7) is 4.19. The number of nitrogens with one attached hydrogen (secondary N) is 1. The van der Waals surface area contributed by atoms with Crippen LogP contribution in [0.4, 0.5) is 5.69 Å². The van der Waals surface area contributed by atoms with E-state index in [9.17, 15) is 19.7 Å². The standard InChI is InChI=1S/C27H31N5O4S/c1-19-4-8-21(9-5-19)27(34)31-17-23(15-25(31)26(33)29-13-12-28)30(18-24-3-2-14-37-24)16-20-6-10-22(11-7-20)32(35)36/h2-11,14,23,25H,12-13,15-18,28H2,1H3,(H,29,33). The number of carbonyl (C=O) groups excluding carboxylic acids is 2. The van der Waals surface area contributed by atoms with Crippen molar-refractivity contribution in [2.45, 2.75) is 38.5 Å². The number of benzene rings is 2. The molecule has 0 aliphatic carbocycles. The maximum absolute atomic E-state index is 13.5. The summed E-state index contributed by atoms with van der Waals surface area (Å²) in [4.78, 5) is 42.4. The fourth-order valence-corrected chi connectivity index (χ4v) is 5.33. The average molecular weight is 522 g/mol. The fraction of sp³-hybridized carbons (Fsp3) is 0.333. The second-order valence-electron chi connectivity index (χ2n) is 9.22. The number of carbonyl (C=O) groups is 2. The molecule has 2 atom stereocenters. The predicted octanol–water partition coefficient (Wildman–Crippen LogP) is 3.33. The summed E-state index contributed by atoms with van der Waals surface area (Å²) >= 11 is 1.65. The zero-order valence-corrected chi connectivity index (χ0v) is 21.5. The van der Waals surface area contributed by atoms with E-state index in [0.717, 1.165) is 16.0 Å².